The predicted octanol–water partition coefficient (Wildman–Crippen LogP) is 2.08. The molecule has 0 aliphatic heterocycles. The largest absolute Gasteiger partial charge is 0.481 e. The summed E-state index contributed by atoms with van der Waals surface area (Å²) in [6.45, 7) is 3.37. The van der Waals surface area contributed by atoms with Crippen LogP contribution in [0, 0.1) is 5.82 Å². The molecule has 0 fully saturated rings. The predicted molar refractivity (Wildman–Crippen MR) is 69.2 cm³/mol. The summed E-state index contributed by atoms with van der Waals surface area (Å²) in [5.41, 5.74) is -0.209. The second-order valence-electron chi connectivity index (χ2n) is 5.14. The van der Waals surface area contributed by atoms with E-state index in [4.69, 9.17) is 5.11 Å². The van der Waals surface area contributed by atoms with E-state index in [2.05, 4.69) is 0 Å². The Morgan fingerprint density at radius 2 is 2.00 bits per heavy atom. The number of carbonyl (C=O) groups excluding carboxylic acids is 1. The van der Waals surface area contributed by atoms with Crippen molar-refractivity contribution in [2.45, 2.75) is 32.2 Å². The van der Waals surface area contributed by atoms with Crippen LogP contribution in [0.2, 0.25) is 0 Å². The van der Waals surface area contributed by atoms with Crippen LogP contribution >= 0.6 is 0 Å². The van der Waals surface area contributed by atoms with Gasteiger partial charge in [-0.2, -0.15) is 0 Å². The second-order valence-corrected chi connectivity index (χ2v) is 5.14. The van der Waals surface area contributed by atoms with Crippen molar-refractivity contribution in [3.05, 3.63) is 35.6 Å². The van der Waals surface area contributed by atoms with Gasteiger partial charge in [0.15, 0.2) is 0 Å². The SMILES string of the molecule is CN(C(=O)Cc1cccc(F)c1)C(C)(C)CC(=O)O. The van der Waals surface area contributed by atoms with E-state index in [-0.39, 0.29) is 18.7 Å². The minimum atomic E-state index is -0.963. The Kier molecular flexibility index (Phi) is 4.64. The minimum absolute atomic E-state index is 0.0529. The van der Waals surface area contributed by atoms with Gasteiger partial charge in [-0.3, -0.25) is 9.59 Å². The van der Waals surface area contributed by atoms with Crippen LogP contribution < -0.4 is 0 Å². The lowest BCUT2D eigenvalue weighted by Gasteiger charge is -2.34. The van der Waals surface area contributed by atoms with Crippen LogP contribution in [0.3, 0.4) is 0 Å². The first-order valence-electron chi connectivity index (χ1n) is 5.95. The lowest BCUT2D eigenvalue weighted by Crippen LogP contribution is -2.47. The smallest absolute Gasteiger partial charge is 0.305 e. The Hall–Kier alpha value is -1.91. The fourth-order valence-corrected chi connectivity index (χ4v) is 1.77. The molecule has 0 spiro atoms. The number of carbonyl (C=O) groups is 2. The molecule has 0 heterocycles. The Labute approximate surface area is 111 Å². The molecule has 0 aromatic heterocycles. The van der Waals surface area contributed by atoms with Gasteiger partial charge in [-0.25, -0.2) is 4.39 Å². The number of carboxylic acid groups (broad SMARTS) is 1. The van der Waals surface area contributed by atoms with Crippen LogP contribution in [0.5, 0.6) is 0 Å². The van der Waals surface area contributed by atoms with E-state index in [0.29, 0.717) is 5.56 Å². The van der Waals surface area contributed by atoms with Crippen LogP contribution in [0.25, 0.3) is 0 Å². The van der Waals surface area contributed by atoms with Crippen molar-refractivity contribution in [3.8, 4) is 0 Å². The molecule has 5 heteroatoms. The summed E-state index contributed by atoms with van der Waals surface area (Å²) < 4.78 is 13.0. The molecule has 0 radical (unpaired) electrons. The zero-order valence-corrected chi connectivity index (χ0v) is 11.3. The number of likely N-dealkylation sites (N-methyl/N-ethyl adjacent to an activating group) is 1. The van der Waals surface area contributed by atoms with Crippen molar-refractivity contribution in [1.82, 2.24) is 4.90 Å². The first-order valence-corrected chi connectivity index (χ1v) is 5.95. The highest BCUT2D eigenvalue weighted by Gasteiger charge is 2.30. The van der Waals surface area contributed by atoms with E-state index >= 15 is 0 Å². The molecule has 19 heavy (non-hydrogen) atoms. The van der Waals surface area contributed by atoms with Gasteiger partial charge in [0, 0.05) is 12.6 Å². The van der Waals surface area contributed by atoms with E-state index in [1.807, 2.05) is 0 Å². The molecule has 0 unspecified atom stereocenters. The average Bonchev–Trinajstić information content (AvgIpc) is 2.26. The molecule has 4 nitrogen and oxygen atoms in total. The maximum Gasteiger partial charge on any atom is 0.305 e. The standard InChI is InChI=1S/C14H18FNO3/c1-14(2,9-13(18)19)16(3)12(17)8-10-5-4-6-11(15)7-10/h4-7H,8-9H2,1-3H3,(H,18,19). The van der Waals surface area contributed by atoms with Gasteiger partial charge in [0.1, 0.15) is 5.82 Å². The number of halogens is 1. The van der Waals surface area contributed by atoms with E-state index in [0.717, 1.165) is 0 Å². The summed E-state index contributed by atoms with van der Waals surface area (Å²) in [5.74, 6) is -1.59. The highest BCUT2D eigenvalue weighted by molar-refractivity contribution is 5.80. The minimum Gasteiger partial charge on any atom is -0.481 e. The highest BCUT2D eigenvalue weighted by Crippen LogP contribution is 2.18. The monoisotopic (exact) mass is 267 g/mol. The molecule has 1 N–H and O–H groups in total. The van der Waals surface area contributed by atoms with E-state index in [1.54, 1.807) is 33.0 Å². The molecule has 0 saturated carbocycles. The third kappa shape index (κ3) is 4.35. The van der Waals surface area contributed by atoms with E-state index in [1.165, 1.54) is 17.0 Å². The zero-order chi connectivity index (χ0) is 14.6. The molecule has 0 aliphatic carbocycles. The van der Waals surface area contributed by atoms with Crippen LogP contribution in [0.1, 0.15) is 25.8 Å². The van der Waals surface area contributed by atoms with E-state index in [9.17, 15) is 14.0 Å². The number of amides is 1. The van der Waals surface area contributed by atoms with Gasteiger partial charge in [0.2, 0.25) is 5.91 Å². The molecule has 1 rings (SSSR count). The Morgan fingerprint density at radius 1 is 1.37 bits per heavy atom. The molecule has 0 bridgehead atoms. The first kappa shape index (κ1) is 15.1. The van der Waals surface area contributed by atoms with Crippen molar-refractivity contribution >= 4 is 11.9 Å². The summed E-state index contributed by atoms with van der Waals surface area (Å²) >= 11 is 0. The topological polar surface area (TPSA) is 57.6 Å². The number of hydrogen-bond donors (Lipinski definition) is 1. The Morgan fingerprint density at radius 3 is 2.53 bits per heavy atom. The molecule has 0 saturated heterocycles. The van der Waals surface area contributed by atoms with Crippen molar-refractivity contribution in [3.63, 3.8) is 0 Å². The number of carboxylic acids is 1. The van der Waals surface area contributed by atoms with Gasteiger partial charge < -0.3 is 10.0 Å². The van der Waals surface area contributed by atoms with Crippen LogP contribution in [0.4, 0.5) is 4.39 Å². The molecule has 0 aliphatic rings. The Bertz CT molecular complexity index is 485. The number of aliphatic carboxylic acids is 1. The second kappa shape index (κ2) is 5.82. The molecular weight excluding hydrogens is 249 g/mol. The van der Waals surface area contributed by atoms with E-state index < -0.39 is 17.3 Å². The molecule has 1 aromatic carbocycles. The van der Waals surface area contributed by atoms with Gasteiger partial charge in [0.05, 0.1) is 12.8 Å². The third-order valence-corrected chi connectivity index (χ3v) is 3.11. The van der Waals surface area contributed by atoms with Gasteiger partial charge in [-0.1, -0.05) is 12.1 Å². The van der Waals surface area contributed by atoms with Gasteiger partial charge in [-0.15, -0.1) is 0 Å². The van der Waals surface area contributed by atoms with Crippen molar-refractivity contribution < 1.29 is 19.1 Å². The maximum atomic E-state index is 13.0. The number of nitrogens with zero attached hydrogens (tertiary/aromatic N) is 1. The molecule has 0 atom stereocenters. The van der Waals surface area contributed by atoms with Crippen molar-refractivity contribution in [1.29, 1.82) is 0 Å². The lowest BCUT2D eigenvalue weighted by molar-refractivity contribution is -0.142. The van der Waals surface area contributed by atoms with Crippen LogP contribution in [-0.2, 0) is 16.0 Å². The summed E-state index contributed by atoms with van der Waals surface area (Å²) in [6, 6.07) is 5.82. The van der Waals surface area contributed by atoms with Crippen molar-refractivity contribution in [2.24, 2.45) is 0 Å². The third-order valence-electron chi connectivity index (χ3n) is 3.11. The highest BCUT2D eigenvalue weighted by atomic mass is 19.1. The summed E-state index contributed by atoms with van der Waals surface area (Å²) in [4.78, 5) is 24.2. The quantitative estimate of drug-likeness (QED) is 0.888. The van der Waals surface area contributed by atoms with Gasteiger partial charge in [-0.05, 0) is 31.5 Å². The Balaban J connectivity index is 2.75. The summed E-state index contributed by atoms with van der Waals surface area (Å²) in [6.07, 6.45) is -0.0876. The molecule has 104 valence electrons. The molecular formula is C14H18FNO3. The normalized spacial score (nSPS) is 11.2. The maximum absolute atomic E-state index is 13.0. The fraction of sp³-hybridized carbons (Fsp3) is 0.429. The number of hydrogen-bond acceptors (Lipinski definition) is 2. The summed E-state index contributed by atoms with van der Waals surface area (Å²) in [7, 11) is 1.56. The number of benzene rings is 1. The lowest BCUT2D eigenvalue weighted by atomic mass is 9.98. The summed E-state index contributed by atoms with van der Waals surface area (Å²) in [5, 5.41) is 8.82. The number of rotatable bonds is 5. The van der Waals surface area contributed by atoms with Crippen LogP contribution in [-0.4, -0.2) is 34.5 Å². The van der Waals surface area contributed by atoms with Gasteiger partial charge >= 0.3 is 5.97 Å². The average molecular weight is 267 g/mol. The first-order chi connectivity index (χ1) is 8.72. The van der Waals surface area contributed by atoms with Crippen LogP contribution in [0.15, 0.2) is 24.3 Å². The van der Waals surface area contributed by atoms with Gasteiger partial charge in [0.25, 0.3) is 0 Å². The molecule has 1 aromatic rings. The fourth-order valence-electron chi connectivity index (χ4n) is 1.77. The zero-order valence-electron chi connectivity index (χ0n) is 11.3. The van der Waals surface area contributed by atoms with Crippen molar-refractivity contribution in [2.75, 3.05) is 7.05 Å². The molecule has 1 amide bonds.